The van der Waals surface area contributed by atoms with Gasteiger partial charge in [-0.2, -0.15) is 5.26 Å². The molecule has 1 aliphatic rings. The molecule has 0 aliphatic heterocycles. The highest BCUT2D eigenvalue weighted by Gasteiger charge is 2.36. The first-order valence-corrected chi connectivity index (χ1v) is 5.85. The van der Waals surface area contributed by atoms with Gasteiger partial charge in [0, 0.05) is 18.9 Å². The molecule has 0 atom stereocenters. The van der Waals surface area contributed by atoms with Crippen molar-refractivity contribution >= 4 is 0 Å². The van der Waals surface area contributed by atoms with Gasteiger partial charge in [0.15, 0.2) is 11.6 Å². The van der Waals surface area contributed by atoms with Crippen LogP contribution in [-0.4, -0.2) is 12.0 Å². The van der Waals surface area contributed by atoms with Crippen LogP contribution in [0.3, 0.4) is 0 Å². The minimum absolute atomic E-state index is 0.0913. The van der Waals surface area contributed by atoms with E-state index in [-0.39, 0.29) is 31.4 Å². The fourth-order valence-electron chi connectivity index (χ4n) is 2.02. The molecule has 0 N–H and O–H groups in total. The summed E-state index contributed by atoms with van der Waals surface area (Å²) in [6, 6.07) is 3.02. The van der Waals surface area contributed by atoms with Crippen LogP contribution in [0.1, 0.15) is 31.2 Å². The number of hydrogen-bond acceptors (Lipinski definition) is 2. The molecule has 1 aliphatic carbocycles. The van der Waals surface area contributed by atoms with E-state index in [0.29, 0.717) is 0 Å². The third-order valence-corrected chi connectivity index (χ3v) is 3.10. The Morgan fingerprint density at radius 2 is 1.79 bits per heavy atom. The Bertz CT molecular complexity index is 514. The van der Waals surface area contributed by atoms with Gasteiger partial charge in [0.05, 0.1) is 11.7 Å². The van der Waals surface area contributed by atoms with E-state index in [1.807, 2.05) is 0 Å². The van der Waals surface area contributed by atoms with Crippen molar-refractivity contribution in [3.05, 3.63) is 29.3 Å². The smallest absolute Gasteiger partial charge is 0.248 e. The van der Waals surface area contributed by atoms with Crippen LogP contribution in [0.4, 0.5) is 17.6 Å². The summed E-state index contributed by atoms with van der Waals surface area (Å²) < 4.78 is 57.9. The number of halogens is 4. The van der Waals surface area contributed by atoms with Crippen LogP contribution in [0.5, 0.6) is 5.75 Å². The van der Waals surface area contributed by atoms with Crippen LogP contribution in [0.25, 0.3) is 0 Å². The quantitative estimate of drug-likeness (QED) is 0.768. The zero-order valence-electron chi connectivity index (χ0n) is 9.93. The zero-order valence-corrected chi connectivity index (χ0v) is 9.93. The number of rotatable bonds is 2. The molecular formula is C13H11F4NO. The maximum Gasteiger partial charge on any atom is 0.248 e. The number of ether oxygens (including phenoxy) is 1. The van der Waals surface area contributed by atoms with Crippen LogP contribution in [0.15, 0.2) is 12.1 Å². The van der Waals surface area contributed by atoms with Crippen molar-refractivity contribution in [1.29, 1.82) is 5.26 Å². The number of hydrogen-bond donors (Lipinski definition) is 0. The van der Waals surface area contributed by atoms with Crippen molar-refractivity contribution in [2.24, 2.45) is 0 Å². The molecule has 2 nitrogen and oxygen atoms in total. The molecule has 1 aromatic rings. The second kappa shape index (κ2) is 5.08. The Morgan fingerprint density at radius 1 is 1.16 bits per heavy atom. The Morgan fingerprint density at radius 3 is 2.37 bits per heavy atom. The van der Waals surface area contributed by atoms with Gasteiger partial charge in [-0.1, -0.05) is 0 Å². The van der Waals surface area contributed by atoms with Crippen molar-refractivity contribution in [2.75, 3.05) is 0 Å². The van der Waals surface area contributed by atoms with Crippen LogP contribution >= 0.6 is 0 Å². The number of nitrogens with zero attached hydrogens (tertiary/aromatic N) is 1. The molecule has 2 rings (SSSR count). The van der Waals surface area contributed by atoms with Crippen LogP contribution < -0.4 is 4.74 Å². The van der Waals surface area contributed by atoms with Crippen molar-refractivity contribution in [3.8, 4) is 11.8 Å². The first-order chi connectivity index (χ1) is 8.91. The second-order valence-electron chi connectivity index (χ2n) is 4.55. The summed E-state index contributed by atoms with van der Waals surface area (Å²) >= 11 is 0. The van der Waals surface area contributed by atoms with Gasteiger partial charge in [0.2, 0.25) is 5.92 Å². The van der Waals surface area contributed by atoms with E-state index in [9.17, 15) is 17.6 Å². The summed E-state index contributed by atoms with van der Waals surface area (Å²) in [5, 5.41) is 8.53. The monoisotopic (exact) mass is 273 g/mol. The molecule has 1 saturated carbocycles. The maximum absolute atomic E-state index is 13.5. The molecule has 0 amide bonds. The SMILES string of the molecule is N#Cc1cc(F)c(OC2CCC(F)(F)CC2)cc1F. The molecule has 1 fully saturated rings. The van der Waals surface area contributed by atoms with Crippen LogP contribution in [0.2, 0.25) is 0 Å². The minimum atomic E-state index is -2.70. The molecule has 0 aromatic heterocycles. The average Bonchev–Trinajstić information content (AvgIpc) is 2.36. The lowest BCUT2D eigenvalue weighted by atomic mass is 9.94. The van der Waals surface area contributed by atoms with Crippen molar-refractivity contribution in [2.45, 2.75) is 37.7 Å². The molecule has 0 saturated heterocycles. The fourth-order valence-corrected chi connectivity index (χ4v) is 2.02. The van der Waals surface area contributed by atoms with E-state index in [1.54, 1.807) is 0 Å². The van der Waals surface area contributed by atoms with Gasteiger partial charge < -0.3 is 4.74 Å². The molecule has 6 heteroatoms. The van der Waals surface area contributed by atoms with Crippen molar-refractivity contribution in [1.82, 2.24) is 0 Å². The molecule has 102 valence electrons. The van der Waals surface area contributed by atoms with E-state index in [0.717, 1.165) is 12.1 Å². The predicted molar refractivity (Wildman–Crippen MR) is 58.9 cm³/mol. The lowest BCUT2D eigenvalue weighted by Gasteiger charge is -2.28. The van der Waals surface area contributed by atoms with E-state index in [2.05, 4.69) is 0 Å². The standard InChI is InChI=1S/C13H11F4NO/c14-10-6-12(11(15)5-8(10)7-18)19-9-1-3-13(16,17)4-2-9/h5-6,9H,1-4H2. The number of benzene rings is 1. The van der Waals surface area contributed by atoms with Gasteiger partial charge in [0.25, 0.3) is 0 Å². The van der Waals surface area contributed by atoms with E-state index in [1.165, 1.54) is 6.07 Å². The minimum Gasteiger partial charge on any atom is -0.487 e. The first-order valence-electron chi connectivity index (χ1n) is 5.85. The highest BCUT2D eigenvalue weighted by Crippen LogP contribution is 2.35. The van der Waals surface area contributed by atoms with Crippen LogP contribution in [-0.2, 0) is 0 Å². The summed E-state index contributed by atoms with van der Waals surface area (Å²) in [6.07, 6.45) is -1.01. The molecule has 1 aromatic carbocycles. The number of nitriles is 1. The van der Waals surface area contributed by atoms with Gasteiger partial charge in [-0.15, -0.1) is 0 Å². The molecule has 0 heterocycles. The van der Waals surface area contributed by atoms with Gasteiger partial charge in [-0.05, 0) is 18.9 Å². The van der Waals surface area contributed by atoms with E-state index < -0.39 is 29.2 Å². The van der Waals surface area contributed by atoms with Gasteiger partial charge in [-0.3, -0.25) is 0 Å². The maximum atomic E-state index is 13.5. The Hall–Kier alpha value is -1.77. The molecule has 0 spiro atoms. The molecule has 0 bridgehead atoms. The Kier molecular flexibility index (Phi) is 3.65. The summed E-state index contributed by atoms with van der Waals surface area (Å²) in [4.78, 5) is 0. The van der Waals surface area contributed by atoms with Crippen molar-refractivity contribution < 1.29 is 22.3 Å². The van der Waals surface area contributed by atoms with E-state index >= 15 is 0 Å². The zero-order chi connectivity index (χ0) is 14.0. The normalized spacial score (nSPS) is 18.9. The van der Waals surface area contributed by atoms with Crippen molar-refractivity contribution in [3.63, 3.8) is 0 Å². The van der Waals surface area contributed by atoms with Gasteiger partial charge >= 0.3 is 0 Å². The summed E-state index contributed by atoms with van der Waals surface area (Å²) in [5.74, 6) is -4.80. The summed E-state index contributed by atoms with van der Waals surface area (Å²) in [5.41, 5.74) is -0.417. The van der Waals surface area contributed by atoms with E-state index in [4.69, 9.17) is 10.00 Å². The largest absolute Gasteiger partial charge is 0.487 e. The number of alkyl halides is 2. The molecule has 19 heavy (non-hydrogen) atoms. The lowest BCUT2D eigenvalue weighted by Crippen LogP contribution is -2.31. The highest BCUT2D eigenvalue weighted by atomic mass is 19.3. The fraction of sp³-hybridized carbons (Fsp3) is 0.462. The molecular weight excluding hydrogens is 262 g/mol. The summed E-state index contributed by atoms with van der Waals surface area (Å²) in [7, 11) is 0. The second-order valence-corrected chi connectivity index (χ2v) is 4.55. The first kappa shape index (κ1) is 13.7. The molecule has 0 radical (unpaired) electrons. The Balaban J connectivity index is 2.08. The van der Waals surface area contributed by atoms with Gasteiger partial charge in [-0.25, -0.2) is 17.6 Å². The third kappa shape index (κ3) is 3.16. The summed E-state index contributed by atoms with van der Waals surface area (Å²) in [6.45, 7) is 0. The Labute approximate surface area is 107 Å². The third-order valence-electron chi connectivity index (χ3n) is 3.10. The lowest BCUT2D eigenvalue weighted by molar-refractivity contribution is -0.0586. The topological polar surface area (TPSA) is 33.0 Å². The van der Waals surface area contributed by atoms with Gasteiger partial charge in [0.1, 0.15) is 11.9 Å². The van der Waals surface area contributed by atoms with Crippen LogP contribution in [0, 0.1) is 23.0 Å². The average molecular weight is 273 g/mol. The highest BCUT2D eigenvalue weighted by molar-refractivity contribution is 5.37. The molecule has 0 unspecified atom stereocenters. The predicted octanol–water partition coefficient (Wildman–Crippen LogP) is 3.79.